The van der Waals surface area contributed by atoms with E-state index in [-0.39, 0.29) is 0 Å². The second kappa shape index (κ2) is 6.10. The highest BCUT2D eigenvalue weighted by atomic mass is 32.2. The molecule has 0 saturated heterocycles. The summed E-state index contributed by atoms with van der Waals surface area (Å²) < 4.78 is 5.36. The van der Waals surface area contributed by atoms with Crippen molar-refractivity contribution in [3.8, 4) is 5.88 Å². The van der Waals surface area contributed by atoms with E-state index in [1.165, 1.54) is 19.3 Å². The Labute approximate surface area is 107 Å². The molecule has 1 N–H and O–H groups in total. The molecule has 0 radical (unpaired) electrons. The molecule has 2 unspecified atom stereocenters. The van der Waals surface area contributed by atoms with E-state index in [1.807, 2.05) is 24.8 Å². The van der Waals surface area contributed by atoms with Crippen LogP contribution in [0.25, 0.3) is 0 Å². The van der Waals surface area contributed by atoms with Gasteiger partial charge >= 0.3 is 0 Å². The molecule has 0 spiro atoms. The van der Waals surface area contributed by atoms with Crippen LogP contribution in [-0.2, 0) is 0 Å². The average Bonchev–Trinajstić information content (AvgIpc) is 2.78. The van der Waals surface area contributed by atoms with Crippen LogP contribution >= 0.6 is 11.8 Å². The van der Waals surface area contributed by atoms with Gasteiger partial charge in [-0.1, -0.05) is 0 Å². The molecular formula is C12H19N3OS. The molecule has 94 valence electrons. The minimum absolute atomic E-state index is 0.539. The Balaban J connectivity index is 1.92. The summed E-state index contributed by atoms with van der Waals surface area (Å²) in [6, 6.07) is 2.41. The molecule has 17 heavy (non-hydrogen) atoms. The fourth-order valence-electron chi connectivity index (χ4n) is 2.14. The van der Waals surface area contributed by atoms with Gasteiger partial charge in [0.25, 0.3) is 0 Å². The summed E-state index contributed by atoms with van der Waals surface area (Å²) >= 11 is 1.96. The van der Waals surface area contributed by atoms with E-state index in [0.717, 1.165) is 11.1 Å². The Kier molecular flexibility index (Phi) is 4.48. The largest absolute Gasteiger partial charge is 0.478 e. The molecule has 2 rings (SSSR count). The zero-order valence-electron chi connectivity index (χ0n) is 10.3. The van der Waals surface area contributed by atoms with E-state index in [1.54, 1.807) is 6.33 Å². The van der Waals surface area contributed by atoms with Gasteiger partial charge in [0.15, 0.2) is 0 Å². The molecule has 1 aliphatic carbocycles. The highest BCUT2D eigenvalue weighted by Crippen LogP contribution is 2.30. The van der Waals surface area contributed by atoms with Gasteiger partial charge in [-0.2, -0.15) is 11.8 Å². The van der Waals surface area contributed by atoms with Gasteiger partial charge in [-0.3, -0.25) is 0 Å². The second-order valence-electron chi connectivity index (χ2n) is 4.19. The fraction of sp³-hybridized carbons (Fsp3) is 0.667. The van der Waals surface area contributed by atoms with Gasteiger partial charge in [-0.05, 0) is 32.4 Å². The van der Waals surface area contributed by atoms with Crippen molar-refractivity contribution in [3.63, 3.8) is 0 Å². The third kappa shape index (κ3) is 3.49. The highest BCUT2D eigenvalue weighted by molar-refractivity contribution is 7.99. The van der Waals surface area contributed by atoms with Crippen molar-refractivity contribution >= 4 is 17.6 Å². The Morgan fingerprint density at radius 1 is 1.47 bits per heavy atom. The fourth-order valence-corrected chi connectivity index (χ4v) is 2.94. The van der Waals surface area contributed by atoms with Gasteiger partial charge in [0.05, 0.1) is 6.61 Å². The second-order valence-corrected chi connectivity index (χ2v) is 5.32. The number of hydrogen-bond donors (Lipinski definition) is 1. The Morgan fingerprint density at radius 3 is 3.06 bits per heavy atom. The molecule has 1 fully saturated rings. The Bertz CT molecular complexity index is 361. The lowest BCUT2D eigenvalue weighted by atomic mass is 10.2. The molecule has 5 heteroatoms. The predicted molar refractivity (Wildman–Crippen MR) is 71.8 cm³/mol. The lowest BCUT2D eigenvalue weighted by molar-refractivity contribution is 0.326. The van der Waals surface area contributed by atoms with Crippen molar-refractivity contribution in [1.82, 2.24) is 9.97 Å². The Morgan fingerprint density at radius 2 is 2.35 bits per heavy atom. The zero-order chi connectivity index (χ0) is 12.1. The molecule has 1 aromatic heterocycles. The lowest BCUT2D eigenvalue weighted by Crippen LogP contribution is -2.17. The molecule has 0 aromatic carbocycles. The smallest absolute Gasteiger partial charge is 0.218 e. The maximum atomic E-state index is 5.36. The van der Waals surface area contributed by atoms with Crippen LogP contribution in [0.3, 0.4) is 0 Å². The summed E-state index contributed by atoms with van der Waals surface area (Å²) in [6.45, 7) is 2.59. The molecular weight excluding hydrogens is 234 g/mol. The SMILES string of the molecule is CCOc1cc(NC2CCC(SC)C2)ncn1. The van der Waals surface area contributed by atoms with Crippen molar-refractivity contribution in [3.05, 3.63) is 12.4 Å². The number of hydrogen-bond acceptors (Lipinski definition) is 5. The Hall–Kier alpha value is -0.970. The number of anilines is 1. The number of aromatic nitrogens is 2. The number of rotatable bonds is 5. The number of nitrogens with one attached hydrogen (secondary N) is 1. The van der Waals surface area contributed by atoms with Crippen LogP contribution in [0, 0.1) is 0 Å². The standard InChI is InChI=1S/C12H19N3OS/c1-3-16-12-7-11(13-8-14-12)15-9-4-5-10(6-9)17-2/h7-10H,3-6H2,1-2H3,(H,13,14,15). The van der Waals surface area contributed by atoms with Crippen molar-refractivity contribution in [1.29, 1.82) is 0 Å². The maximum absolute atomic E-state index is 5.36. The van der Waals surface area contributed by atoms with Gasteiger partial charge in [-0.15, -0.1) is 0 Å². The molecule has 0 amide bonds. The average molecular weight is 253 g/mol. The van der Waals surface area contributed by atoms with Crippen LogP contribution in [0.4, 0.5) is 5.82 Å². The van der Waals surface area contributed by atoms with E-state index < -0.39 is 0 Å². The van der Waals surface area contributed by atoms with E-state index in [9.17, 15) is 0 Å². The molecule has 1 heterocycles. The third-order valence-corrected chi connectivity index (χ3v) is 4.10. The van der Waals surface area contributed by atoms with Crippen LogP contribution in [-0.4, -0.2) is 34.1 Å². The molecule has 0 aliphatic heterocycles. The first-order valence-corrected chi connectivity index (χ1v) is 7.34. The van der Waals surface area contributed by atoms with E-state index in [2.05, 4.69) is 21.5 Å². The van der Waals surface area contributed by atoms with E-state index in [4.69, 9.17) is 4.74 Å². The first-order valence-electron chi connectivity index (χ1n) is 6.06. The van der Waals surface area contributed by atoms with Gasteiger partial charge in [0.2, 0.25) is 5.88 Å². The molecule has 1 saturated carbocycles. The topological polar surface area (TPSA) is 47.0 Å². The quantitative estimate of drug-likeness (QED) is 0.874. The lowest BCUT2D eigenvalue weighted by Gasteiger charge is -2.13. The summed E-state index contributed by atoms with van der Waals surface area (Å²) in [4.78, 5) is 8.28. The van der Waals surface area contributed by atoms with E-state index in [0.29, 0.717) is 18.5 Å². The molecule has 1 aromatic rings. The van der Waals surface area contributed by atoms with Crippen molar-refractivity contribution < 1.29 is 4.74 Å². The van der Waals surface area contributed by atoms with Crippen LogP contribution in [0.1, 0.15) is 26.2 Å². The van der Waals surface area contributed by atoms with Crippen LogP contribution in [0.5, 0.6) is 5.88 Å². The predicted octanol–water partition coefficient (Wildman–Crippen LogP) is 2.57. The van der Waals surface area contributed by atoms with E-state index >= 15 is 0 Å². The first-order chi connectivity index (χ1) is 8.31. The van der Waals surface area contributed by atoms with Crippen molar-refractivity contribution in [2.45, 2.75) is 37.5 Å². The normalized spacial score (nSPS) is 23.6. The minimum atomic E-state index is 0.539. The molecule has 2 atom stereocenters. The maximum Gasteiger partial charge on any atom is 0.218 e. The number of ether oxygens (including phenoxy) is 1. The van der Waals surface area contributed by atoms with Crippen LogP contribution in [0.2, 0.25) is 0 Å². The summed E-state index contributed by atoms with van der Waals surface area (Å²) in [5.41, 5.74) is 0. The van der Waals surface area contributed by atoms with Crippen LogP contribution < -0.4 is 10.1 Å². The van der Waals surface area contributed by atoms with Crippen LogP contribution in [0.15, 0.2) is 12.4 Å². The summed E-state index contributed by atoms with van der Waals surface area (Å²) in [5, 5.41) is 4.25. The monoisotopic (exact) mass is 253 g/mol. The summed E-state index contributed by atoms with van der Waals surface area (Å²) in [5.74, 6) is 1.51. The number of nitrogens with zero attached hydrogens (tertiary/aromatic N) is 2. The number of thioether (sulfide) groups is 1. The van der Waals surface area contributed by atoms with Crippen molar-refractivity contribution in [2.24, 2.45) is 0 Å². The summed E-state index contributed by atoms with van der Waals surface area (Å²) in [6.07, 6.45) is 7.47. The van der Waals surface area contributed by atoms with Crippen molar-refractivity contribution in [2.75, 3.05) is 18.2 Å². The summed E-state index contributed by atoms with van der Waals surface area (Å²) in [7, 11) is 0. The first kappa shape index (κ1) is 12.5. The highest BCUT2D eigenvalue weighted by Gasteiger charge is 2.23. The van der Waals surface area contributed by atoms with Gasteiger partial charge in [0, 0.05) is 17.4 Å². The third-order valence-electron chi connectivity index (χ3n) is 3.00. The van der Waals surface area contributed by atoms with Gasteiger partial charge < -0.3 is 10.1 Å². The molecule has 0 bridgehead atoms. The zero-order valence-corrected chi connectivity index (χ0v) is 11.2. The molecule has 1 aliphatic rings. The minimum Gasteiger partial charge on any atom is -0.478 e. The van der Waals surface area contributed by atoms with Gasteiger partial charge in [0.1, 0.15) is 12.1 Å². The molecule has 4 nitrogen and oxygen atoms in total. The van der Waals surface area contributed by atoms with Gasteiger partial charge in [-0.25, -0.2) is 9.97 Å².